The molecule has 0 aliphatic carbocycles. The zero-order valence-corrected chi connectivity index (χ0v) is 21.3. The van der Waals surface area contributed by atoms with Gasteiger partial charge in [-0.1, -0.05) is 0 Å². The van der Waals surface area contributed by atoms with Crippen molar-refractivity contribution >= 4 is 24.2 Å². The van der Waals surface area contributed by atoms with E-state index in [1.165, 1.54) is 26.2 Å². The van der Waals surface area contributed by atoms with Crippen molar-refractivity contribution in [3.63, 3.8) is 0 Å². The maximum absolute atomic E-state index is 10.9. The van der Waals surface area contributed by atoms with Crippen LogP contribution < -0.4 is 5.32 Å². The molecule has 5 aliphatic heterocycles. The van der Waals surface area contributed by atoms with Crippen LogP contribution in [0.5, 0.6) is 0 Å². The summed E-state index contributed by atoms with van der Waals surface area (Å²) in [4.78, 5) is 24.7. The Balaban J connectivity index is 0.000000184. The van der Waals surface area contributed by atoms with Crippen LogP contribution in [-0.2, 0) is 28.5 Å². The number of nitrogens with zero attached hydrogens (tertiary/aromatic N) is 2. The third-order valence-corrected chi connectivity index (χ3v) is 6.31. The van der Waals surface area contributed by atoms with E-state index in [1.807, 2.05) is 0 Å². The molecule has 2 amide bonds. The predicted molar refractivity (Wildman–Crippen MR) is 128 cm³/mol. The highest BCUT2D eigenvalue weighted by Crippen LogP contribution is 2.20. The molecule has 5 rings (SSSR count). The zero-order chi connectivity index (χ0) is 23.6. The summed E-state index contributed by atoms with van der Waals surface area (Å²) in [5.74, 6) is 0.185. The first-order chi connectivity index (χ1) is 15.9. The largest absolute Gasteiger partial charge is 0.389 e. The number of hydrogen-bond donors (Lipinski definition) is 2. The van der Waals surface area contributed by atoms with E-state index < -0.39 is 0 Å². The number of aliphatic hydroxyl groups excluding tert-OH is 1. The molecule has 0 bridgehead atoms. The highest BCUT2D eigenvalue weighted by molar-refractivity contribution is 5.85. The summed E-state index contributed by atoms with van der Waals surface area (Å²) in [6.45, 7) is 9.30. The summed E-state index contributed by atoms with van der Waals surface area (Å²) in [5, 5.41) is 11.8. The van der Waals surface area contributed by atoms with Crippen LogP contribution >= 0.6 is 12.4 Å². The quantitative estimate of drug-likeness (QED) is 0.577. The lowest BCUT2D eigenvalue weighted by Crippen LogP contribution is -2.55. The Bertz CT molecular complexity index is 601. The van der Waals surface area contributed by atoms with Gasteiger partial charge in [-0.2, -0.15) is 0 Å². The van der Waals surface area contributed by atoms with Crippen molar-refractivity contribution in [1.29, 1.82) is 0 Å². The van der Waals surface area contributed by atoms with Crippen molar-refractivity contribution in [2.24, 2.45) is 0 Å². The summed E-state index contributed by atoms with van der Waals surface area (Å²) in [7, 11) is 0. The standard InChI is InChI=1S/C10H17NO3.C8H15NO2.C5H9NO2.ClH/c1-8(12)11-6-9(7-11)14-10-4-2-3-5-13-10;1-2-4-10-8(3-1)11-7-5-9-6-7;1-4(7)6-2-5(8)3-6;/h9-10H,2-7H2,1H3;7-9H,1-6H2;5,8H,2-3H2,1H3;1H. The van der Waals surface area contributed by atoms with Gasteiger partial charge >= 0.3 is 0 Å². The smallest absolute Gasteiger partial charge is 0.219 e. The normalized spacial score (nSPS) is 27.4. The molecular weight excluding hydrogens is 466 g/mol. The van der Waals surface area contributed by atoms with Crippen LogP contribution in [0.4, 0.5) is 0 Å². The first-order valence-corrected chi connectivity index (χ1v) is 12.3. The molecule has 5 fully saturated rings. The van der Waals surface area contributed by atoms with Gasteiger partial charge in [0.25, 0.3) is 0 Å². The molecule has 2 unspecified atom stereocenters. The molecule has 11 heteroatoms. The number of carbonyl (C=O) groups excluding carboxylic acids is 2. The van der Waals surface area contributed by atoms with Gasteiger partial charge < -0.3 is 39.2 Å². The average Bonchev–Trinajstić information content (AvgIpc) is 2.73. The zero-order valence-electron chi connectivity index (χ0n) is 20.5. The molecule has 0 aromatic carbocycles. The number of amides is 2. The minimum atomic E-state index is -0.265. The van der Waals surface area contributed by atoms with E-state index >= 15 is 0 Å². The number of aliphatic hydroxyl groups is 1. The van der Waals surface area contributed by atoms with Crippen LogP contribution in [0.15, 0.2) is 0 Å². The third kappa shape index (κ3) is 9.93. The second-order valence-corrected chi connectivity index (χ2v) is 9.27. The summed E-state index contributed by atoms with van der Waals surface area (Å²) in [6.07, 6.45) is 7.27. The van der Waals surface area contributed by atoms with Gasteiger partial charge in [-0.3, -0.25) is 9.59 Å². The van der Waals surface area contributed by atoms with Crippen LogP contribution in [-0.4, -0.2) is 110 Å². The molecule has 0 saturated carbocycles. The Morgan fingerprint density at radius 2 is 1.26 bits per heavy atom. The lowest BCUT2D eigenvalue weighted by molar-refractivity contribution is -0.213. The molecule has 5 saturated heterocycles. The summed E-state index contributed by atoms with van der Waals surface area (Å²) in [6, 6.07) is 0. The topological polar surface area (TPSA) is 110 Å². The van der Waals surface area contributed by atoms with E-state index in [4.69, 9.17) is 24.1 Å². The van der Waals surface area contributed by atoms with E-state index in [2.05, 4.69) is 5.32 Å². The van der Waals surface area contributed by atoms with Gasteiger partial charge in [0.1, 0.15) is 0 Å². The van der Waals surface area contributed by atoms with E-state index in [9.17, 15) is 9.59 Å². The molecule has 5 aliphatic rings. The highest BCUT2D eigenvalue weighted by Gasteiger charge is 2.32. The number of carbonyl (C=O) groups is 2. The van der Waals surface area contributed by atoms with Crippen LogP contribution in [0.3, 0.4) is 0 Å². The third-order valence-electron chi connectivity index (χ3n) is 6.31. The molecule has 2 N–H and O–H groups in total. The van der Waals surface area contributed by atoms with Gasteiger partial charge in [0.2, 0.25) is 11.8 Å². The second-order valence-electron chi connectivity index (χ2n) is 9.27. The van der Waals surface area contributed by atoms with E-state index in [-0.39, 0.29) is 49.0 Å². The lowest BCUT2D eigenvalue weighted by Gasteiger charge is -2.40. The first kappa shape index (κ1) is 29.2. The number of hydrogen-bond acceptors (Lipinski definition) is 8. The SMILES string of the molecule is C1CCC(OC2CNC2)OC1.CC(=O)N1CC(O)C1.CC(=O)N1CC(OC2CCCCO2)C1.Cl. The second kappa shape index (κ2) is 15.2. The van der Waals surface area contributed by atoms with Crippen LogP contribution in [0.1, 0.15) is 52.4 Å². The number of rotatable bonds is 4. The molecule has 34 heavy (non-hydrogen) atoms. The Morgan fingerprint density at radius 3 is 1.59 bits per heavy atom. The maximum Gasteiger partial charge on any atom is 0.219 e. The van der Waals surface area contributed by atoms with Gasteiger partial charge in [0.05, 0.1) is 18.3 Å². The van der Waals surface area contributed by atoms with Gasteiger partial charge in [-0.15, -0.1) is 12.4 Å². The molecule has 0 spiro atoms. The fourth-order valence-electron chi connectivity index (χ4n) is 3.92. The number of halogens is 1. The maximum atomic E-state index is 10.9. The van der Waals surface area contributed by atoms with E-state index in [0.717, 1.165) is 58.7 Å². The predicted octanol–water partition coefficient (Wildman–Crippen LogP) is 0.893. The Hall–Kier alpha value is -1.01. The van der Waals surface area contributed by atoms with Crippen LogP contribution in [0.2, 0.25) is 0 Å². The van der Waals surface area contributed by atoms with Crippen molar-refractivity contribution in [2.75, 3.05) is 52.5 Å². The van der Waals surface area contributed by atoms with E-state index in [0.29, 0.717) is 19.2 Å². The monoisotopic (exact) mass is 507 g/mol. The van der Waals surface area contributed by atoms with Crippen molar-refractivity contribution in [3.8, 4) is 0 Å². The molecule has 2 atom stereocenters. The molecule has 10 nitrogen and oxygen atoms in total. The average molecular weight is 508 g/mol. The molecule has 198 valence electrons. The number of likely N-dealkylation sites (tertiary alicyclic amines) is 2. The number of β-amino-alcohol motifs (C(OH)–C–C–N with tert-alkyl or cyclic N) is 1. The first-order valence-electron chi connectivity index (χ1n) is 12.3. The molecule has 5 heterocycles. The van der Waals surface area contributed by atoms with Crippen LogP contribution in [0.25, 0.3) is 0 Å². The lowest BCUT2D eigenvalue weighted by atomic mass is 10.1. The minimum absolute atomic E-state index is 0. The summed E-state index contributed by atoms with van der Waals surface area (Å²) < 4.78 is 22.2. The molecular formula is C23H42ClN3O7. The fourth-order valence-corrected chi connectivity index (χ4v) is 3.92. The van der Waals surface area contributed by atoms with Gasteiger partial charge in [-0.05, 0) is 38.5 Å². The summed E-state index contributed by atoms with van der Waals surface area (Å²) >= 11 is 0. The summed E-state index contributed by atoms with van der Waals surface area (Å²) in [5.41, 5.74) is 0. The minimum Gasteiger partial charge on any atom is -0.389 e. The fraction of sp³-hybridized carbons (Fsp3) is 0.913. The van der Waals surface area contributed by atoms with Crippen molar-refractivity contribution < 1.29 is 33.6 Å². The van der Waals surface area contributed by atoms with Crippen molar-refractivity contribution in [2.45, 2.75) is 83.3 Å². The molecule has 0 aromatic heterocycles. The van der Waals surface area contributed by atoms with Gasteiger partial charge in [-0.25, -0.2) is 0 Å². The number of ether oxygens (including phenoxy) is 4. The molecule has 0 radical (unpaired) electrons. The van der Waals surface area contributed by atoms with E-state index in [1.54, 1.807) is 16.7 Å². The van der Waals surface area contributed by atoms with Gasteiger partial charge in [0, 0.05) is 66.3 Å². The van der Waals surface area contributed by atoms with Gasteiger partial charge in [0.15, 0.2) is 12.6 Å². The van der Waals surface area contributed by atoms with Crippen molar-refractivity contribution in [3.05, 3.63) is 0 Å². The molecule has 0 aromatic rings. The Kier molecular flexibility index (Phi) is 13.0. The Morgan fingerprint density at radius 1 is 0.794 bits per heavy atom. The van der Waals surface area contributed by atoms with Crippen molar-refractivity contribution in [1.82, 2.24) is 15.1 Å². The number of nitrogens with one attached hydrogen (secondary N) is 1. The highest BCUT2D eigenvalue weighted by atomic mass is 35.5. The van der Waals surface area contributed by atoms with Crippen LogP contribution in [0, 0.1) is 0 Å². The Labute approximate surface area is 209 Å².